The summed E-state index contributed by atoms with van der Waals surface area (Å²) in [4.78, 5) is 4.91. The highest BCUT2D eigenvalue weighted by Crippen LogP contribution is 2.17. The van der Waals surface area contributed by atoms with Gasteiger partial charge >= 0.3 is 0 Å². The minimum absolute atomic E-state index is 0.0421. The van der Waals surface area contributed by atoms with E-state index in [1.165, 1.54) is 0 Å². The number of hydrogen-bond acceptors (Lipinski definition) is 5. The molecule has 5 nitrogen and oxygen atoms in total. The Bertz CT molecular complexity index is 273. The Hall–Kier alpha value is -1.04. The summed E-state index contributed by atoms with van der Waals surface area (Å²) in [5, 5.41) is 5.00. The predicted molar refractivity (Wildman–Crippen MR) is 60.3 cm³/mol. The first-order valence-electron chi connectivity index (χ1n) is 5.04. The standard InChI is InChI=1S/C10H20N4O/c1-7-5-9(8(2)11)6-10(12-3)14(7)13-15-4/h5-8,12-13H,11H2,1-4H3. The van der Waals surface area contributed by atoms with E-state index in [0.717, 1.165) is 11.4 Å². The van der Waals surface area contributed by atoms with Crippen LogP contribution in [0.1, 0.15) is 13.8 Å². The van der Waals surface area contributed by atoms with Crippen LogP contribution in [0.2, 0.25) is 0 Å². The minimum Gasteiger partial charge on any atom is -0.374 e. The number of nitrogens with zero attached hydrogens (tertiary/aromatic N) is 1. The maximum Gasteiger partial charge on any atom is 0.118 e. The molecule has 0 aliphatic carbocycles. The first kappa shape index (κ1) is 12.0. The van der Waals surface area contributed by atoms with Gasteiger partial charge in [0, 0.05) is 13.1 Å². The lowest BCUT2D eigenvalue weighted by molar-refractivity contribution is -0.0508. The Morgan fingerprint density at radius 3 is 2.73 bits per heavy atom. The highest BCUT2D eigenvalue weighted by atomic mass is 16.7. The average molecular weight is 212 g/mol. The Balaban J connectivity index is 2.87. The summed E-state index contributed by atoms with van der Waals surface area (Å²) in [7, 11) is 3.46. The largest absolute Gasteiger partial charge is 0.374 e. The molecule has 0 saturated carbocycles. The van der Waals surface area contributed by atoms with Gasteiger partial charge in [-0.1, -0.05) is 6.08 Å². The van der Waals surface area contributed by atoms with Crippen molar-refractivity contribution >= 4 is 0 Å². The molecule has 1 aliphatic heterocycles. The highest BCUT2D eigenvalue weighted by Gasteiger charge is 2.20. The zero-order valence-corrected chi connectivity index (χ0v) is 9.74. The summed E-state index contributed by atoms with van der Waals surface area (Å²) in [6.45, 7) is 4.04. The fourth-order valence-corrected chi connectivity index (χ4v) is 1.55. The molecule has 0 aromatic rings. The molecular weight excluding hydrogens is 192 g/mol. The van der Waals surface area contributed by atoms with E-state index in [9.17, 15) is 0 Å². The van der Waals surface area contributed by atoms with Gasteiger partial charge in [0.05, 0.1) is 13.2 Å². The first-order chi connectivity index (χ1) is 7.10. The summed E-state index contributed by atoms with van der Waals surface area (Å²) in [6.07, 6.45) is 4.12. The minimum atomic E-state index is 0.0421. The lowest BCUT2D eigenvalue weighted by Gasteiger charge is -2.34. The van der Waals surface area contributed by atoms with E-state index in [4.69, 9.17) is 10.6 Å². The first-order valence-corrected chi connectivity index (χ1v) is 5.04. The zero-order chi connectivity index (χ0) is 11.4. The van der Waals surface area contributed by atoms with E-state index in [2.05, 4.69) is 23.9 Å². The molecule has 0 saturated heterocycles. The van der Waals surface area contributed by atoms with Gasteiger partial charge in [-0.05, 0) is 25.5 Å². The summed E-state index contributed by atoms with van der Waals surface area (Å²) in [5.41, 5.74) is 9.79. The molecule has 2 atom stereocenters. The lowest BCUT2D eigenvalue weighted by atomic mass is 10.0. The molecule has 1 rings (SSSR count). The van der Waals surface area contributed by atoms with E-state index in [0.29, 0.717) is 0 Å². The lowest BCUT2D eigenvalue weighted by Crippen LogP contribution is -2.47. The molecule has 15 heavy (non-hydrogen) atoms. The van der Waals surface area contributed by atoms with Crippen molar-refractivity contribution in [1.82, 2.24) is 15.9 Å². The molecule has 1 heterocycles. The second kappa shape index (κ2) is 5.16. The van der Waals surface area contributed by atoms with Crippen molar-refractivity contribution in [3.05, 3.63) is 23.5 Å². The topological polar surface area (TPSA) is 62.5 Å². The van der Waals surface area contributed by atoms with Gasteiger partial charge in [0.2, 0.25) is 0 Å². The van der Waals surface area contributed by atoms with Crippen LogP contribution in [0.5, 0.6) is 0 Å². The van der Waals surface area contributed by atoms with Crippen LogP contribution in [-0.4, -0.2) is 31.3 Å². The average Bonchev–Trinajstić information content (AvgIpc) is 2.20. The van der Waals surface area contributed by atoms with Gasteiger partial charge in [0.1, 0.15) is 5.82 Å². The van der Waals surface area contributed by atoms with E-state index in [1.807, 2.05) is 25.1 Å². The van der Waals surface area contributed by atoms with Crippen LogP contribution in [0.3, 0.4) is 0 Å². The number of hydrazine groups is 1. The monoisotopic (exact) mass is 212 g/mol. The van der Waals surface area contributed by atoms with Gasteiger partial charge in [-0.15, -0.1) is 5.59 Å². The van der Waals surface area contributed by atoms with Crippen molar-refractivity contribution < 1.29 is 4.84 Å². The Labute approximate surface area is 90.9 Å². The summed E-state index contributed by atoms with van der Waals surface area (Å²) >= 11 is 0. The van der Waals surface area contributed by atoms with Crippen molar-refractivity contribution in [2.24, 2.45) is 5.73 Å². The van der Waals surface area contributed by atoms with Gasteiger partial charge in [-0.2, -0.15) is 0 Å². The third-order valence-electron chi connectivity index (χ3n) is 2.38. The molecule has 0 aromatic heterocycles. The number of hydrogen-bond donors (Lipinski definition) is 3. The third-order valence-corrected chi connectivity index (χ3v) is 2.38. The van der Waals surface area contributed by atoms with Gasteiger partial charge < -0.3 is 11.1 Å². The predicted octanol–water partition coefficient (Wildman–Crippen LogP) is 0.0909. The zero-order valence-electron chi connectivity index (χ0n) is 9.74. The van der Waals surface area contributed by atoms with Gasteiger partial charge in [0.15, 0.2) is 0 Å². The van der Waals surface area contributed by atoms with Gasteiger partial charge in [-0.3, -0.25) is 9.85 Å². The second-order valence-electron chi connectivity index (χ2n) is 3.64. The highest BCUT2D eigenvalue weighted by molar-refractivity contribution is 5.31. The van der Waals surface area contributed by atoms with Crippen LogP contribution >= 0.6 is 0 Å². The normalized spacial score (nSPS) is 23.3. The van der Waals surface area contributed by atoms with Crippen molar-refractivity contribution in [2.45, 2.75) is 25.9 Å². The quantitative estimate of drug-likeness (QED) is 0.577. The maximum absolute atomic E-state index is 5.85. The third kappa shape index (κ3) is 2.71. The van der Waals surface area contributed by atoms with Crippen molar-refractivity contribution in [3.8, 4) is 0 Å². The second-order valence-corrected chi connectivity index (χ2v) is 3.64. The van der Waals surface area contributed by atoms with Gasteiger partial charge in [0.25, 0.3) is 0 Å². The smallest absolute Gasteiger partial charge is 0.118 e. The van der Waals surface area contributed by atoms with E-state index >= 15 is 0 Å². The van der Waals surface area contributed by atoms with Crippen LogP contribution < -0.4 is 16.6 Å². The molecule has 2 unspecified atom stereocenters. The molecule has 86 valence electrons. The van der Waals surface area contributed by atoms with Crippen LogP contribution in [-0.2, 0) is 4.84 Å². The Kier molecular flexibility index (Phi) is 4.14. The van der Waals surface area contributed by atoms with Crippen LogP contribution in [0, 0.1) is 0 Å². The number of nitrogens with one attached hydrogen (secondary N) is 2. The molecule has 0 aromatic carbocycles. The molecule has 0 bridgehead atoms. The summed E-state index contributed by atoms with van der Waals surface area (Å²) < 4.78 is 0. The van der Waals surface area contributed by atoms with Crippen molar-refractivity contribution in [3.63, 3.8) is 0 Å². The van der Waals surface area contributed by atoms with Crippen LogP contribution in [0.4, 0.5) is 0 Å². The molecule has 0 amide bonds. The molecule has 0 radical (unpaired) electrons. The molecule has 4 N–H and O–H groups in total. The van der Waals surface area contributed by atoms with E-state index in [-0.39, 0.29) is 12.1 Å². The Morgan fingerprint density at radius 1 is 1.60 bits per heavy atom. The van der Waals surface area contributed by atoms with E-state index < -0.39 is 0 Å². The number of rotatable bonds is 4. The van der Waals surface area contributed by atoms with Gasteiger partial charge in [-0.25, -0.2) is 0 Å². The summed E-state index contributed by atoms with van der Waals surface area (Å²) in [6, 6.07) is 0.235. The molecule has 0 fully saturated rings. The van der Waals surface area contributed by atoms with Crippen LogP contribution in [0.15, 0.2) is 23.5 Å². The Morgan fingerprint density at radius 2 is 2.27 bits per heavy atom. The fraction of sp³-hybridized carbons (Fsp3) is 0.600. The van der Waals surface area contributed by atoms with Crippen molar-refractivity contribution in [1.29, 1.82) is 0 Å². The molecule has 1 aliphatic rings. The molecule has 0 spiro atoms. The van der Waals surface area contributed by atoms with Crippen LogP contribution in [0.25, 0.3) is 0 Å². The number of nitrogens with two attached hydrogens (primary N) is 1. The van der Waals surface area contributed by atoms with E-state index in [1.54, 1.807) is 7.11 Å². The summed E-state index contributed by atoms with van der Waals surface area (Å²) in [5.74, 6) is 0.944. The fourth-order valence-electron chi connectivity index (χ4n) is 1.55. The maximum atomic E-state index is 5.85. The molecule has 5 heteroatoms. The van der Waals surface area contributed by atoms with Crippen molar-refractivity contribution in [2.75, 3.05) is 14.2 Å². The SMILES string of the molecule is CNC1=CC(C(C)N)=CC(C)N1NOC. The molecular formula is C10H20N4O.